The molecule has 0 saturated heterocycles. The SMILES string of the molecule is CCCOc1ccc(Cl)cc1NC(=O)N(C)Cc1ccccc1O. The highest BCUT2D eigenvalue weighted by Crippen LogP contribution is 2.28. The van der Waals surface area contributed by atoms with Crippen molar-refractivity contribution in [2.24, 2.45) is 0 Å². The van der Waals surface area contributed by atoms with E-state index in [2.05, 4.69) is 5.32 Å². The molecule has 2 aromatic carbocycles. The van der Waals surface area contributed by atoms with E-state index in [1.54, 1.807) is 43.4 Å². The van der Waals surface area contributed by atoms with Gasteiger partial charge in [0.25, 0.3) is 0 Å². The molecule has 2 N–H and O–H groups in total. The zero-order chi connectivity index (χ0) is 17.5. The normalized spacial score (nSPS) is 10.3. The van der Waals surface area contributed by atoms with Gasteiger partial charge in [-0.05, 0) is 30.7 Å². The molecular weight excluding hydrogens is 328 g/mol. The minimum absolute atomic E-state index is 0.159. The molecule has 5 nitrogen and oxygen atoms in total. The van der Waals surface area contributed by atoms with Crippen LogP contribution in [0.5, 0.6) is 11.5 Å². The second kappa shape index (κ2) is 8.45. The molecule has 0 unspecified atom stereocenters. The maximum Gasteiger partial charge on any atom is 0.321 e. The molecule has 0 saturated carbocycles. The number of para-hydroxylation sites is 1. The van der Waals surface area contributed by atoms with Gasteiger partial charge in [0, 0.05) is 17.6 Å². The van der Waals surface area contributed by atoms with Crippen molar-refractivity contribution in [3.05, 3.63) is 53.1 Å². The summed E-state index contributed by atoms with van der Waals surface area (Å²) >= 11 is 6.01. The monoisotopic (exact) mass is 348 g/mol. The highest BCUT2D eigenvalue weighted by molar-refractivity contribution is 6.31. The molecule has 24 heavy (non-hydrogen) atoms. The first kappa shape index (κ1) is 17.9. The largest absolute Gasteiger partial charge is 0.508 e. The Kier molecular flexibility index (Phi) is 6.32. The van der Waals surface area contributed by atoms with Crippen LogP contribution in [-0.2, 0) is 6.54 Å². The van der Waals surface area contributed by atoms with E-state index in [0.29, 0.717) is 28.6 Å². The van der Waals surface area contributed by atoms with Crippen molar-refractivity contribution < 1.29 is 14.6 Å². The Labute approximate surface area is 146 Å². The second-order valence-electron chi connectivity index (χ2n) is 5.40. The first-order chi connectivity index (χ1) is 11.5. The topological polar surface area (TPSA) is 61.8 Å². The summed E-state index contributed by atoms with van der Waals surface area (Å²) in [5, 5.41) is 13.1. The number of urea groups is 1. The van der Waals surface area contributed by atoms with Crippen molar-refractivity contribution >= 4 is 23.3 Å². The molecule has 0 spiro atoms. The van der Waals surface area contributed by atoms with E-state index in [1.807, 2.05) is 13.0 Å². The van der Waals surface area contributed by atoms with Crippen molar-refractivity contribution in [3.63, 3.8) is 0 Å². The number of benzene rings is 2. The number of hydrogen-bond donors (Lipinski definition) is 2. The van der Waals surface area contributed by atoms with Gasteiger partial charge in [0.1, 0.15) is 11.5 Å². The number of nitrogens with zero attached hydrogens (tertiary/aromatic N) is 1. The van der Waals surface area contributed by atoms with E-state index >= 15 is 0 Å². The summed E-state index contributed by atoms with van der Waals surface area (Å²) in [6.45, 7) is 2.84. The smallest absolute Gasteiger partial charge is 0.321 e. The lowest BCUT2D eigenvalue weighted by atomic mass is 10.2. The van der Waals surface area contributed by atoms with Crippen LogP contribution in [0.1, 0.15) is 18.9 Å². The van der Waals surface area contributed by atoms with Crippen molar-refractivity contribution in [1.82, 2.24) is 4.90 Å². The lowest BCUT2D eigenvalue weighted by molar-refractivity contribution is 0.220. The lowest BCUT2D eigenvalue weighted by Crippen LogP contribution is -2.31. The Morgan fingerprint density at radius 1 is 1.29 bits per heavy atom. The zero-order valence-electron chi connectivity index (χ0n) is 13.8. The molecular formula is C18H21ClN2O3. The zero-order valence-corrected chi connectivity index (χ0v) is 14.5. The van der Waals surface area contributed by atoms with Gasteiger partial charge >= 0.3 is 6.03 Å². The number of phenolic OH excluding ortho intramolecular Hbond substituents is 1. The Morgan fingerprint density at radius 3 is 2.75 bits per heavy atom. The number of rotatable bonds is 6. The Morgan fingerprint density at radius 2 is 2.04 bits per heavy atom. The van der Waals surface area contributed by atoms with Crippen molar-refractivity contribution in [1.29, 1.82) is 0 Å². The van der Waals surface area contributed by atoms with Gasteiger partial charge in [-0.25, -0.2) is 4.79 Å². The standard InChI is InChI=1S/C18H21ClN2O3/c1-3-10-24-17-9-8-14(19)11-15(17)20-18(23)21(2)12-13-6-4-5-7-16(13)22/h4-9,11,22H,3,10,12H2,1-2H3,(H,20,23). The maximum absolute atomic E-state index is 12.4. The molecule has 0 heterocycles. The van der Waals surface area contributed by atoms with Gasteiger partial charge < -0.3 is 20.1 Å². The molecule has 2 amide bonds. The molecule has 128 valence electrons. The van der Waals surface area contributed by atoms with Gasteiger partial charge in [-0.2, -0.15) is 0 Å². The highest BCUT2D eigenvalue weighted by Gasteiger charge is 2.14. The number of carbonyl (C=O) groups excluding carboxylic acids is 1. The Hall–Kier alpha value is -2.40. The number of ether oxygens (including phenoxy) is 1. The van der Waals surface area contributed by atoms with Crippen LogP contribution in [0.15, 0.2) is 42.5 Å². The fourth-order valence-corrected chi connectivity index (χ4v) is 2.29. The molecule has 2 rings (SSSR count). The second-order valence-corrected chi connectivity index (χ2v) is 5.84. The van der Waals surface area contributed by atoms with E-state index < -0.39 is 0 Å². The van der Waals surface area contributed by atoms with E-state index in [-0.39, 0.29) is 18.3 Å². The summed E-state index contributed by atoms with van der Waals surface area (Å²) < 4.78 is 5.63. The first-order valence-electron chi connectivity index (χ1n) is 7.72. The summed E-state index contributed by atoms with van der Waals surface area (Å²) in [5.74, 6) is 0.734. The number of nitrogens with one attached hydrogen (secondary N) is 1. The predicted molar refractivity (Wildman–Crippen MR) is 95.8 cm³/mol. The van der Waals surface area contributed by atoms with E-state index in [1.165, 1.54) is 4.90 Å². The molecule has 0 atom stereocenters. The first-order valence-corrected chi connectivity index (χ1v) is 8.10. The number of anilines is 1. The van der Waals surface area contributed by atoms with Crippen LogP contribution in [0, 0.1) is 0 Å². The molecule has 0 fully saturated rings. The number of carbonyl (C=O) groups is 1. The lowest BCUT2D eigenvalue weighted by Gasteiger charge is -2.20. The molecule has 0 bridgehead atoms. The third-order valence-corrected chi connectivity index (χ3v) is 3.63. The average Bonchev–Trinajstić information content (AvgIpc) is 2.56. The van der Waals surface area contributed by atoms with Gasteiger partial charge in [0.2, 0.25) is 0 Å². The van der Waals surface area contributed by atoms with Crippen LogP contribution < -0.4 is 10.1 Å². The van der Waals surface area contributed by atoms with Crippen molar-refractivity contribution in [2.45, 2.75) is 19.9 Å². The summed E-state index contributed by atoms with van der Waals surface area (Å²) in [6, 6.07) is 11.7. The average molecular weight is 349 g/mol. The third kappa shape index (κ3) is 4.80. The summed E-state index contributed by atoms with van der Waals surface area (Å²) in [7, 11) is 1.65. The van der Waals surface area contributed by atoms with Gasteiger partial charge in [-0.3, -0.25) is 0 Å². The van der Waals surface area contributed by atoms with Gasteiger partial charge in [0.05, 0.1) is 18.8 Å². The minimum atomic E-state index is -0.318. The molecule has 2 aromatic rings. The van der Waals surface area contributed by atoms with Crippen LogP contribution in [0.25, 0.3) is 0 Å². The number of aromatic hydroxyl groups is 1. The maximum atomic E-state index is 12.4. The molecule has 0 aliphatic rings. The van der Waals surface area contributed by atoms with Crippen LogP contribution in [0.3, 0.4) is 0 Å². The third-order valence-electron chi connectivity index (χ3n) is 3.39. The van der Waals surface area contributed by atoms with Gasteiger partial charge in [-0.15, -0.1) is 0 Å². The molecule has 0 aliphatic heterocycles. The van der Waals surface area contributed by atoms with Crippen LogP contribution in [0.4, 0.5) is 10.5 Å². The molecule has 0 aromatic heterocycles. The fraction of sp³-hybridized carbons (Fsp3) is 0.278. The summed E-state index contributed by atoms with van der Waals surface area (Å²) in [4.78, 5) is 13.9. The van der Waals surface area contributed by atoms with Gasteiger partial charge in [-0.1, -0.05) is 36.7 Å². The van der Waals surface area contributed by atoms with Gasteiger partial charge in [0.15, 0.2) is 0 Å². The van der Waals surface area contributed by atoms with Crippen molar-refractivity contribution in [2.75, 3.05) is 19.0 Å². The molecule has 6 heteroatoms. The number of halogens is 1. The minimum Gasteiger partial charge on any atom is -0.508 e. The Bertz CT molecular complexity index is 706. The fourth-order valence-electron chi connectivity index (χ4n) is 2.12. The highest BCUT2D eigenvalue weighted by atomic mass is 35.5. The number of phenols is 1. The molecule has 0 aliphatic carbocycles. The summed E-state index contributed by atoms with van der Waals surface area (Å²) in [6.07, 6.45) is 0.864. The van der Waals surface area contributed by atoms with Crippen molar-refractivity contribution in [3.8, 4) is 11.5 Å². The van der Waals surface area contributed by atoms with Crippen LogP contribution in [-0.4, -0.2) is 29.7 Å². The summed E-state index contributed by atoms with van der Waals surface area (Å²) in [5.41, 5.74) is 1.19. The number of hydrogen-bond acceptors (Lipinski definition) is 3. The van der Waals surface area contributed by atoms with Crippen LogP contribution >= 0.6 is 11.6 Å². The van der Waals surface area contributed by atoms with E-state index in [4.69, 9.17) is 16.3 Å². The van der Waals surface area contributed by atoms with Crippen LogP contribution in [0.2, 0.25) is 5.02 Å². The molecule has 0 radical (unpaired) electrons. The number of amides is 2. The van der Waals surface area contributed by atoms with E-state index in [0.717, 1.165) is 6.42 Å². The Balaban J connectivity index is 2.08. The van der Waals surface area contributed by atoms with E-state index in [9.17, 15) is 9.90 Å². The predicted octanol–water partition coefficient (Wildman–Crippen LogP) is 4.50. The quantitative estimate of drug-likeness (QED) is 0.808.